The summed E-state index contributed by atoms with van der Waals surface area (Å²) in [7, 11) is 0. The monoisotopic (exact) mass is 227 g/mol. The average molecular weight is 227 g/mol. The molecule has 1 aliphatic rings. The third-order valence-corrected chi connectivity index (χ3v) is 3.36. The highest BCUT2D eigenvalue weighted by Gasteiger charge is 2.19. The Morgan fingerprint density at radius 3 is 2.38 bits per heavy atom. The molecule has 0 atom stereocenters. The summed E-state index contributed by atoms with van der Waals surface area (Å²) in [5.74, 6) is 0.520. The Morgan fingerprint density at radius 2 is 1.75 bits per heavy atom. The highest BCUT2D eigenvalue weighted by molar-refractivity contribution is 5.78. The van der Waals surface area contributed by atoms with Crippen LogP contribution < -0.4 is 5.32 Å². The van der Waals surface area contributed by atoms with Crippen molar-refractivity contribution in [2.75, 3.05) is 13.2 Å². The summed E-state index contributed by atoms with van der Waals surface area (Å²) in [6.45, 7) is 1.03. The molecule has 3 heteroatoms. The Kier molecular flexibility index (Phi) is 7.23. The van der Waals surface area contributed by atoms with Crippen LogP contribution in [0.25, 0.3) is 0 Å². The van der Waals surface area contributed by atoms with Crippen molar-refractivity contribution in [1.82, 2.24) is 5.32 Å². The van der Waals surface area contributed by atoms with Gasteiger partial charge in [0.15, 0.2) is 0 Å². The van der Waals surface area contributed by atoms with E-state index >= 15 is 0 Å². The van der Waals surface area contributed by atoms with E-state index in [-0.39, 0.29) is 18.4 Å². The zero-order valence-electron chi connectivity index (χ0n) is 10.2. The first-order chi connectivity index (χ1) is 7.84. The molecule has 0 saturated heterocycles. The molecule has 0 aromatic rings. The molecule has 0 unspecified atom stereocenters. The summed E-state index contributed by atoms with van der Waals surface area (Å²) in [6.07, 6.45) is 9.98. The molecule has 94 valence electrons. The maximum absolute atomic E-state index is 11.8. The van der Waals surface area contributed by atoms with E-state index in [1.165, 1.54) is 25.7 Å². The fourth-order valence-corrected chi connectivity index (χ4v) is 2.31. The van der Waals surface area contributed by atoms with Crippen LogP contribution in [0.1, 0.15) is 57.8 Å². The quantitative estimate of drug-likeness (QED) is 0.540. The normalized spacial score (nSPS) is 18.1. The van der Waals surface area contributed by atoms with E-state index < -0.39 is 0 Å². The second-order valence-corrected chi connectivity index (χ2v) is 4.76. The lowest BCUT2D eigenvalue weighted by molar-refractivity contribution is -0.125. The number of nitrogens with one attached hydrogen (secondary N) is 1. The maximum Gasteiger partial charge on any atom is 0.223 e. The van der Waals surface area contributed by atoms with Crippen LogP contribution in [0.2, 0.25) is 0 Å². The summed E-state index contributed by atoms with van der Waals surface area (Å²) in [6, 6.07) is 0. The Morgan fingerprint density at radius 1 is 1.06 bits per heavy atom. The minimum atomic E-state index is 0.255. The number of hydrogen-bond acceptors (Lipinski definition) is 2. The van der Waals surface area contributed by atoms with E-state index in [2.05, 4.69) is 5.32 Å². The van der Waals surface area contributed by atoms with Gasteiger partial charge in [-0.3, -0.25) is 4.79 Å². The van der Waals surface area contributed by atoms with Crippen LogP contribution in [0.4, 0.5) is 0 Å². The zero-order valence-corrected chi connectivity index (χ0v) is 10.2. The summed E-state index contributed by atoms with van der Waals surface area (Å²) < 4.78 is 0. The second-order valence-electron chi connectivity index (χ2n) is 4.76. The molecule has 1 saturated carbocycles. The Balaban J connectivity index is 2.08. The van der Waals surface area contributed by atoms with Crippen molar-refractivity contribution in [2.45, 2.75) is 57.8 Å². The molecule has 0 aromatic heterocycles. The molecule has 0 aliphatic heterocycles. The third-order valence-electron chi connectivity index (χ3n) is 3.36. The Hall–Kier alpha value is -0.570. The fraction of sp³-hybridized carbons (Fsp3) is 0.923. The second kappa shape index (κ2) is 8.57. The van der Waals surface area contributed by atoms with E-state index in [0.717, 1.165) is 38.6 Å². The lowest BCUT2D eigenvalue weighted by atomic mass is 9.99. The number of aliphatic hydroxyl groups excluding tert-OH is 1. The molecular formula is C13H25NO2. The number of amides is 1. The van der Waals surface area contributed by atoms with Gasteiger partial charge in [0.1, 0.15) is 0 Å². The molecule has 16 heavy (non-hydrogen) atoms. The molecule has 3 nitrogen and oxygen atoms in total. The van der Waals surface area contributed by atoms with Crippen molar-refractivity contribution in [1.29, 1.82) is 0 Å². The van der Waals surface area contributed by atoms with Gasteiger partial charge in [0.05, 0.1) is 0 Å². The van der Waals surface area contributed by atoms with Crippen LogP contribution >= 0.6 is 0 Å². The van der Waals surface area contributed by atoms with Gasteiger partial charge >= 0.3 is 0 Å². The van der Waals surface area contributed by atoms with Gasteiger partial charge in [0.2, 0.25) is 5.91 Å². The van der Waals surface area contributed by atoms with Gasteiger partial charge in [-0.05, 0) is 32.1 Å². The minimum absolute atomic E-state index is 0.255. The maximum atomic E-state index is 11.8. The molecule has 1 fully saturated rings. The number of hydrogen-bond donors (Lipinski definition) is 2. The molecule has 1 rings (SSSR count). The first-order valence-electron chi connectivity index (χ1n) is 6.73. The molecule has 0 bridgehead atoms. The first kappa shape index (κ1) is 13.5. The van der Waals surface area contributed by atoms with Crippen molar-refractivity contribution in [3.05, 3.63) is 0 Å². The molecule has 0 aromatic carbocycles. The average Bonchev–Trinajstić information content (AvgIpc) is 2.57. The predicted octanol–water partition coefficient (Wildman–Crippen LogP) is 2.24. The zero-order chi connectivity index (χ0) is 11.6. The summed E-state index contributed by atoms with van der Waals surface area (Å²) in [5, 5.41) is 11.6. The van der Waals surface area contributed by atoms with E-state index in [1.54, 1.807) is 0 Å². The molecule has 0 spiro atoms. The van der Waals surface area contributed by atoms with Gasteiger partial charge in [-0.25, -0.2) is 0 Å². The minimum Gasteiger partial charge on any atom is -0.396 e. The molecule has 0 heterocycles. The van der Waals surface area contributed by atoms with Crippen molar-refractivity contribution in [3.8, 4) is 0 Å². The van der Waals surface area contributed by atoms with E-state index in [0.29, 0.717) is 0 Å². The van der Waals surface area contributed by atoms with Crippen LogP contribution in [-0.2, 0) is 4.79 Å². The van der Waals surface area contributed by atoms with E-state index in [4.69, 9.17) is 5.11 Å². The van der Waals surface area contributed by atoms with Crippen molar-refractivity contribution >= 4 is 5.91 Å². The number of unbranched alkanes of at least 4 members (excludes halogenated alkanes) is 2. The highest BCUT2D eigenvalue weighted by Crippen LogP contribution is 2.22. The smallest absolute Gasteiger partial charge is 0.223 e. The summed E-state index contributed by atoms with van der Waals surface area (Å²) >= 11 is 0. The van der Waals surface area contributed by atoms with Crippen LogP contribution in [0, 0.1) is 5.92 Å². The predicted molar refractivity (Wildman–Crippen MR) is 65.1 cm³/mol. The van der Waals surface area contributed by atoms with Crippen LogP contribution in [0.3, 0.4) is 0 Å². The van der Waals surface area contributed by atoms with Gasteiger partial charge < -0.3 is 10.4 Å². The molecule has 1 aliphatic carbocycles. The number of aliphatic hydroxyl groups is 1. The molecular weight excluding hydrogens is 202 g/mol. The largest absolute Gasteiger partial charge is 0.396 e. The van der Waals surface area contributed by atoms with Crippen LogP contribution in [0.5, 0.6) is 0 Å². The number of carbonyl (C=O) groups excluding carboxylic acids is 1. The summed E-state index contributed by atoms with van der Waals surface area (Å²) in [5.41, 5.74) is 0. The standard InChI is InChI=1S/C13H25NO2/c15-11-7-3-6-10-14-13(16)12-8-4-1-2-5-9-12/h12,15H,1-11H2,(H,14,16). The molecule has 1 amide bonds. The van der Waals surface area contributed by atoms with E-state index in [9.17, 15) is 4.79 Å². The molecule has 2 N–H and O–H groups in total. The number of carbonyl (C=O) groups is 1. The van der Waals surface area contributed by atoms with Gasteiger partial charge in [-0.1, -0.05) is 25.7 Å². The SMILES string of the molecule is O=C(NCCCCCO)C1CCCCCC1. The number of rotatable bonds is 6. The Bertz CT molecular complexity index is 186. The topological polar surface area (TPSA) is 49.3 Å². The van der Waals surface area contributed by atoms with Crippen LogP contribution in [-0.4, -0.2) is 24.2 Å². The molecule has 0 radical (unpaired) electrons. The lowest BCUT2D eigenvalue weighted by Crippen LogP contribution is -2.31. The van der Waals surface area contributed by atoms with Gasteiger partial charge in [-0.15, -0.1) is 0 Å². The van der Waals surface area contributed by atoms with E-state index in [1.807, 2.05) is 0 Å². The van der Waals surface area contributed by atoms with Crippen molar-refractivity contribution in [3.63, 3.8) is 0 Å². The van der Waals surface area contributed by atoms with Gasteiger partial charge in [-0.2, -0.15) is 0 Å². The van der Waals surface area contributed by atoms with Gasteiger partial charge in [0.25, 0.3) is 0 Å². The third kappa shape index (κ3) is 5.50. The van der Waals surface area contributed by atoms with Crippen molar-refractivity contribution in [2.24, 2.45) is 5.92 Å². The van der Waals surface area contributed by atoms with Crippen molar-refractivity contribution < 1.29 is 9.90 Å². The van der Waals surface area contributed by atoms with Gasteiger partial charge in [0, 0.05) is 19.1 Å². The summed E-state index contributed by atoms with van der Waals surface area (Å²) in [4.78, 5) is 11.8. The Labute approximate surface area is 98.6 Å². The van der Waals surface area contributed by atoms with Crippen LogP contribution in [0.15, 0.2) is 0 Å². The lowest BCUT2D eigenvalue weighted by Gasteiger charge is -2.13. The first-order valence-corrected chi connectivity index (χ1v) is 6.73. The highest BCUT2D eigenvalue weighted by atomic mass is 16.2. The fourth-order valence-electron chi connectivity index (χ4n) is 2.31.